The fourth-order valence-electron chi connectivity index (χ4n) is 2.62. The number of amides is 1. The molecule has 0 aliphatic heterocycles. The van der Waals surface area contributed by atoms with E-state index in [4.69, 9.17) is 5.11 Å². The van der Waals surface area contributed by atoms with E-state index in [-0.39, 0.29) is 18.7 Å². The third-order valence-electron chi connectivity index (χ3n) is 3.72. The number of carbonyl (C=O) groups is 1. The summed E-state index contributed by atoms with van der Waals surface area (Å²) in [6, 6.07) is 18.5. The first-order valence-electron chi connectivity index (χ1n) is 7.85. The van der Waals surface area contributed by atoms with Gasteiger partial charge in [-0.2, -0.15) is 5.10 Å². The molecule has 0 aliphatic carbocycles. The average Bonchev–Trinajstić information content (AvgIpc) is 2.67. The van der Waals surface area contributed by atoms with E-state index < -0.39 is 11.5 Å². The minimum atomic E-state index is -0.575. The Morgan fingerprint density at radius 2 is 1.60 bits per heavy atom. The first-order valence-corrected chi connectivity index (χ1v) is 7.85. The SMILES string of the molecule is O=C(NCCO)c1c(-c2ccccc2)c(-c2ccccc2)n[nH]c1=O. The standard InChI is InChI=1S/C19H17N3O3/c23-12-11-20-18(24)16-15(13-7-3-1-4-8-13)17(21-22-19(16)25)14-9-5-2-6-10-14/h1-10,23H,11-12H2,(H,20,24)(H,22,25). The van der Waals surface area contributed by atoms with Crippen molar-refractivity contribution < 1.29 is 9.90 Å². The van der Waals surface area contributed by atoms with Crippen molar-refractivity contribution in [2.45, 2.75) is 0 Å². The summed E-state index contributed by atoms with van der Waals surface area (Å²) in [5, 5.41) is 18.1. The van der Waals surface area contributed by atoms with Crippen LogP contribution >= 0.6 is 0 Å². The lowest BCUT2D eigenvalue weighted by molar-refractivity contribution is 0.0943. The second kappa shape index (κ2) is 7.55. The summed E-state index contributed by atoms with van der Waals surface area (Å²) in [6.45, 7) is -0.142. The molecule has 1 heterocycles. The maximum absolute atomic E-state index is 12.5. The van der Waals surface area contributed by atoms with Gasteiger partial charge in [-0.3, -0.25) is 9.59 Å². The van der Waals surface area contributed by atoms with Crippen LogP contribution in [-0.2, 0) is 0 Å². The van der Waals surface area contributed by atoms with Gasteiger partial charge < -0.3 is 10.4 Å². The van der Waals surface area contributed by atoms with Crippen LogP contribution < -0.4 is 10.9 Å². The van der Waals surface area contributed by atoms with Crippen molar-refractivity contribution in [1.29, 1.82) is 0 Å². The zero-order valence-electron chi connectivity index (χ0n) is 13.4. The van der Waals surface area contributed by atoms with E-state index in [1.54, 1.807) is 0 Å². The second-order valence-electron chi connectivity index (χ2n) is 5.36. The summed E-state index contributed by atoms with van der Waals surface area (Å²) >= 11 is 0. The van der Waals surface area contributed by atoms with Gasteiger partial charge in [-0.25, -0.2) is 5.10 Å². The zero-order chi connectivity index (χ0) is 17.6. The monoisotopic (exact) mass is 335 g/mol. The zero-order valence-corrected chi connectivity index (χ0v) is 13.4. The number of hydrogen-bond donors (Lipinski definition) is 3. The number of aliphatic hydroxyl groups excluding tert-OH is 1. The molecule has 0 saturated carbocycles. The van der Waals surface area contributed by atoms with E-state index in [2.05, 4.69) is 15.5 Å². The highest BCUT2D eigenvalue weighted by Crippen LogP contribution is 2.31. The number of aromatic amines is 1. The number of nitrogens with one attached hydrogen (secondary N) is 2. The second-order valence-corrected chi connectivity index (χ2v) is 5.36. The van der Waals surface area contributed by atoms with Crippen LogP contribution in [0.3, 0.4) is 0 Å². The lowest BCUT2D eigenvalue weighted by Gasteiger charge is -2.13. The van der Waals surface area contributed by atoms with Gasteiger partial charge in [0.2, 0.25) is 0 Å². The minimum Gasteiger partial charge on any atom is -0.395 e. The van der Waals surface area contributed by atoms with Crippen LogP contribution in [0.1, 0.15) is 10.4 Å². The van der Waals surface area contributed by atoms with Gasteiger partial charge >= 0.3 is 0 Å². The minimum absolute atomic E-state index is 0.0199. The number of carbonyl (C=O) groups excluding carboxylic acids is 1. The van der Waals surface area contributed by atoms with Gasteiger partial charge in [0.25, 0.3) is 11.5 Å². The first-order chi connectivity index (χ1) is 12.2. The highest BCUT2D eigenvalue weighted by atomic mass is 16.3. The van der Waals surface area contributed by atoms with Crippen LogP contribution in [0, 0.1) is 0 Å². The molecule has 0 spiro atoms. The Hall–Kier alpha value is -3.25. The molecule has 3 aromatic rings. The number of nitrogens with zero attached hydrogens (tertiary/aromatic N) is 1. The Balaban J connectivity index is 2.27. The molecule has 1 amide bonds. The fraction of sp³-hybridized carbons (Fsp3) is 0.105. The van der Waals surface area contributed by atoms with Gasteiger partial charge in [0.1, 0.15) is 5.56 Å². The Morgan fingerprint density at radius 1 is 1.00 bits per heavy atom. The Morgan fingerprint density at radius 3 is 2.20 bits per heavy atom. The molecule has 0 unspecified atom stereocenters. The van der Waals surface area contributed by atoms with Crippen LogP contribution in [0.15, 0.2) is 65.5 Å². The van der Waals surface area contributed by atoms with Crippen LogP contribution in [0.5, 0.6) is 0 Å². The van der Waals surface area contributed by atoms with Crippen molar-refractivity contribution >= 4 is 5.91 Å². The van der Waals surface area contributed by atoms with E-state index in [1.807, 2.05) is 60.7 Å². The molecule has 6 nitrogen and oxygen atoms in total. The Kier molecular flexibility index (Phi) is 5.01. The average molecular weight is 335 g/mol. The summed E-state index contributed by atoms with van der Waals surface area (Å²) < 4.78 is 0. The molecule has 3 rings (SSSR count). The molecular weight excluding hydrogens is 318 g/mol. The van der Waals surface area contributed by atoms with Crippen LogP contribution in [-0.4, -0.2) is 34.4 Å². The topological polar surface area (TPSA) is 95.1 Å². The van der Waals surface area contributed by atoms with Gasteiger partial charge in [-0.05, 0) is 5.56 Å². The van der Waals surface area contributed by atoms with E-state index in [1.165, 1.54) is 0 Å². The van der Waals surface area contributed by atoms with Gasteiger partial charge in [0.15, 0.2) is 0 Å². The van der Waals surface area contributed by atoms with Gasteiger partial charge in [-0.1, -0.05) is 60.7 Å². The maximum Gasteiger partial charge on any atom is 0.277 e. The molecule has 0 bridgehead atoms. The van der Waals surface area contributed by atoms with E-state index in [0.29, 0.717) is 16.8 Å². The molecule has 0 fully saturated rings. The first kappa shape index (κ1) is 16.6. The maximum atomic E-state index is 12.5. The smallest absolute Gasteiger partial charge is 0.277 e. The highest BCUT2D eigenvalue weighted by molar-refractivity contribution is 6.03. The van der Waals surface area contributed by atoms with E-state index in [0.717, 1.165) is 5.56 Å². The van der Waals surface area contributed by atoms with Crippen LogP contribution in [0.2, 0.25) is 0 Å². The van der Waals surface area contributed by atoms with Crippen molar-refractivity contribution in [3.63, 3.8) is 0 Å². The predicted molar refractivity (Wildman–Crippen MR) is 95.1 cm³/mol. The summed E-state index contributed by atoms with van der Waals surface area (Å²) in [4.78, 5) is 24.9. The normalized spacial score (nSPS) is 10.4. The van der Waals surface area contributed by atoms with Crippen LogP contribution in [0.25, 0.3) is 22.4 Å². The number of hydrogen-bond acceptors (Lipinski definition) is 4. The molecule has 0 atom stereocenters. The largest absolute Gasteiger partial charge is 0.395 e. The van der Waals surface area contributed by atoms with Gasteiger partial charge in [0, 0.05) is 17.7 Å². The van der Waals surface area contributed by atoms with Crippen molar-refractivity contribution in [2.24, 2.45) is 0 Å². The predicted octanol–water partition coefficient (Wildman–Crippen LogP) is 1.83. The third-order valence-corrected chi connectivity index (χ3v) is 3.72. The van der Waals surface area contributed by atoms with Gasteiger partial charge in [0.05, 0.1) is 12.3 Å². The number of H-pyrrole nitrogens is 1. The summed E-state index contributed by atoms with van der Waals surface area (Å²) in [5.41, 5.74) is 1.89. The number of aromatic nitrogens is 2. The molecule has 2 aromatic carbocycles. The van der Waals surface area contributed by atoms with Crippen LogP contribution in [0.4, 0.5) is 0 Å². The van der Waals surface area contributed by atoms with Crippen molar-refractivity contribution in [3.8, 4) is 22.4 Å². The van der Waals surface area contributed by atoms with E-state index >= 15 is 0 Å². The molecular formula is C19H17N3O3. The molecule has 3 N–H and O–H groups in total. The van der Waals surface area contributed by atoms with Gasteiger partial charge in [-0.15, -0.1) is 0 Å². The molecule has 126 valence electrons. The summed E-state index contributed by atoms with van der Waals surface area (Å²) in [7, 11) is 0. The van der Waals surface area contributed by atoms with E-state index in [9.17, 15) is 9.59 Å². The number of benzene rings is 2. The third kappa shape index (κ3) is 3.49. The molecule has 1 aromatic heterocycles. The van der Waals surface area contributed by atoms with Crippen molar-refractivity contribution in [2.75, 3.05) is 13.2 Å². The quantitative estimate of drug-likeness (QED) is 0.663. The number of rotatable bonds is 5. The lowest BCUT2D eigenvalue weighted by Crippen LogP contribution is -2.33. The molecule has 0 saturated heterocycles. The number of aliphatic hydroxyl groups is 1. The summed E-state index contributed by atoms with van der Waals surface area (Å²) in [6.07, 6.45) is 0. The Bertz CT molecular complexity index is 922. The fourth-order valence-corrected chi connectivity index (χ4v) is 2.62. The molecule has 25 heavy (non-hydrogen) atoms. The summed E-state index contributed by atoms with van der Waals surface area (Å²) in [5.74, 6) is -0.547. The molecule has 0 radical (unpaired) electrons. The molecule has 0 aliphatic rings. The van der Waals surface area contributed by atoms with Crippen molar-refractivity contribution in [1.82, 2.24) is 15.5 Å². The van der Waals surface area contributed by atoms with Crippen molar-refractivity contribution in [3.05, 3.63) is 76.6 Å². The lowest BCUT2D eigenvalue weighted by atomic mass is 9.95. The molecule has 6 heteroatoms. The highest BCUT2D eigenvalue weighted by Gasteiger charge is 2.22. The Labute approximate surface area is 144 Å².